The molecule has 0 bridgehead atoms. The number of hydrogen-bond acceptors (Lipinski definition) is 11. The molecule has 2 saturated heterocycles. The van der Waals surface area contributed by atoms with Gasteiger partial charge in [-0.2, -0.15) is 0 Å². The summed E-state index contributed by atoms with van der Waals surface area (Å²) in [6.07, 6.45) is 2.35. The van der Waals surface area contributed by atoms with Gasteiger partial charge in [-0.25, -0.2) is 4.79 Å². The number of likely N-dealkylation sites (tertiary alicyclic amines) is 2. The van der Waals surface area contributed by atoms with E-state index in [1.807, 2.05) is 29.2 Å². The topological polar surface area (TPSA) is 174 Å². The lowest BCUT2D eigenvalue weighted by atomic mass is 10.1. The van der Waals surface area contributed by atoms with E-state index in [9.17, 15) is 14.4 Å². The molecule has 2 aliphatic rings. The van der Waals surface area contributed by atoms with E-state index in [-0.39, 0.29) is 70.0 Å². The Kier molecular flexibility index (Phi) is 15.6. The third-order valence-corrected chi connectivity index (χ3v) is 22.2. The van der Waals surface area contributed by atoms with E-state index in [1.54, 1.807) is 17.0 Å². The molecule has 63 heavy (non-hydrogen) atoms. The predicted molar refractivity (Wildman–Crippen MR) is 250 cm³/mol. The molecule has 3 amide bonds. The number of carbonyl (C=O) groups excluding carboxylic acids is 3. The van der Waals surface area contributed by atoms with Crippen molar-refractivity contribution in [2.45, 2.75) is 129 Å². The van der Waals surface area contributed by atoms with Gasteiger partial charge in [0.05, 0.1) is 50.6 Å². The molecule has 0 aliphatic carbocycles. The van der Waals surface area contributed by atoms with Gasteiger partial charge in [-0.15, -0.1) is 0 Å². The van der Waals surface area contributed by atoms with E-state index in [1.165, 1.54) is 26.4 Å². The van der Waals surface area contributed by atoms with Crippen LogP contribution in [0.15, 0.2) is 48.5 Å². The number of anilines is 1. The zero-order chi connectivity index (χ0) is 46.5. The van der Waals surface area contributed by atoms with Crippen molar-refractivity contribution >= 4 is 40.2 Å². The Hall–Kier alpha value is -4.78. The molecule has 3 aromatic rings. The standard InChI is InChI=1S/C47H70N4O10Si2/c1-46(2,3)62(9,10)59-29-33-18-14-20-50(33)43(52)35-23-39(55-7)41(25-37(35)48)57-27-31-16-13-17-32(22-31)28-58-42-26-38(61-45(49)54)36(24-40(42)56-8)44(53)51-21-15-19-34(51)30-60-63(11,12)47(4,5)6/h13,16-17,22-26,33-34H,14-15,18-21,27-30,48H2,1-12H3,(H2,49,54)/t33-,34-/m0/s1. The second kappa shape index (κ2) is 19.9. The first-order chi connectivity index (χ1) is 29.5. The number of rotatable bonds is 17. The van der Waals surface area contributed by atoms with E-state index in [4.69, 9.17) is 44.0 Å². The van der Waals surface area contributed by atoms with Crippen LogP contribution in [0.4, 0.5) is 10.5 Å². The van der Waals surface area contributed by atoms with Crippen molar-refractivity contribution < 1.29 is 46.9 Å². The second-order valence-corrected chi connectivity index (χ2v) is 29.3. The van der Waals surface area contributed by atoms with Crippen LogP contribution in [0.1, 0.15) is 99.1 Å². The maximum atomic E-state index is 14.1. The lowest BCUT2D eigenvalue weighted by Crippen LogP contribution is -2.46. The Morgan fingerprint density at radius 3 is 1.54 bits per heavy atom. The molecule has 2 fully saturated rings. The number of hydrogen-bond donors (Lipinski definition) is 2. The molecule has 0 spiro atoms. The molecule has 2 aliphatic heterocycles. The van der Waals surface area contributed by atoms with E-state index in [2.05, 4.69) is 67.7 Å². The van der Waals surface area contributed by atoms with Crippen LogP contribution >= 0.6 is 0 Å². The van der Waals surface area contributed by atoms with Crippen LogP contribution in [0.5, 0.6) is 28.7 Å². The minimum atomic E-state index is -2.05. The van der Waals surface area contributed by atoms with E-state index in [0.29, 0.717) is 49.1 Å². The van der Waals surface area contributed by atoms with E-state index in [0.717, 1.165) is 36.8 Å². The molecule has 2 atom stereocenters. The Morgan fingerprint density at radius 2 is 1.10 bits per heavy atom. The molecule has 0 unspecified atom stereocenters. The smallest absolute Gasteiger partial charge is 0.409 e. The van der Waals surface area contributed by atoms with Gasteiger partial charge >= 0.3 is 6.09 Å². The zero-order valence-corrected chi connectivity index (χ0v) is 41.5. The minimum Gasteiger partial charge on any atom is -0.493 e. The first kappa shape index (κ1) is 49.2. The number of benzene rings is 3. The summed E-state index contributed by atoms with van der Waals surface area (Å²) in [5, 5.41) is 0.0999. The Labute approximate surface area is 376 Å². The number of nitrogens with zero attached hydrogens (tertiary/aromatic N) is 2. The number of primary amides is 1. The molecular weight excluding hydrogens is 837 g/mol. The molecule has 0 radical (unpaired) electrons. The van der Waals surface area contributed by atoms with E-state index >= 15 is 0 Å². The van der Waals surface area contributed by atoms with Crippen molar-refractivity contribution in [1.29, 1.82) is 0 Å². The Bertz CT molecular complexity index is 2120. The number of amides is 3. The fourth-order valence-corrected chi connectivity index (χ4v) is 9.33. The highest BCUT2D eigenvalue weighted by Crippen LogP contribution is 2.41. The van der Waals surface area contributed by atoms with Gasteiger partial charge in [-0.1, -0.05) is 59.7 Å². The summed E-state index contributed by atoms with van der Waals surface area (Å²) < 4.78 is 42.2. The SMILES string of the molecule is COc1cc(C(=O)N2CCC[C@H]2CO[Si](C)(C)C(C)(C)C)c(N)cc1OCc1cccc(COc2cc(OC(N)=O)c(C(=O)N3CCC[C@H]3CO[Si](C)(C)C(C)(C)C)cc2OC)c1. The molecule has 5 rings (SSSR count). The first-order valence-electron chi connectivity index (χ1n) is 21.9. The van der Waals surface area contributed by atoms with Gasteiger partial charge in [-0.3, -0.25) is 9.59 Å². The van der Waals surface area contributed by atoms with Crippen LogP contribution in [-0.2, 0) is 22.1 Å². The number of carbonyl (C=O) groups is 3. The molecule has 14 nitrogen and oxygen atoms in total. The molecule has 16 heteroatoms. The van der Waals surface area contributed by atoms with Gasteiger partial charge in [0.15, 0.2) is 39.6 Å². The van der Waals surface area contributed by atoms with Gasteiger partial charge in [0.25, 0.3) is 11.8 Å². The van der Waals surface area contributed by atoms with Crippen molar-refractivity contribution in [1.82, 2.24) is 9.80 Å². The molecule has 4 N–H and O–H groups in total. The quantitative estimate of drug-likeness (QED) is 0.0977. The van der Waals surface area contributed by atoms with Crippen molar-refractivity contribution in [2.24, 2.45) is 5.73 Å². The summed E-state index contributed by atoms with van der Waals surface area (Å²) in [6.45, 7) is 24.4. The van der Waals surface area contributed by atoms with E-state index < -0.39 is 22.7 Å². The number of methoxy groups -OCH3 is 2. The van der Waals surface area contributed by atoms with Crippen LogP contribution in [-0.4, -0.2) is 96.9 Å². The maximum Gasteiger partial charge on any atom is 0.409 e. The van der Waals surface area contributed by atoms with Gasteiger partial charge in [0.1, 0.15) is 19.0 Å². The fourth-order valence-electron chi connectivity index (χ4n) is 7.24. The van der Waals surface area contributed by atoms with Crippen molar-refractivity contribution in [3.05, 3.63) is 70.8 Å². The lowest BCUT2D eigenvalue weighted by molar-refractivity contribution is 0.0676. The van der Waals surface area contributed by atoms with Crippen molar-refractivity contribution in [3.63, 3.8) is 0 Å². The van der Waals surface area contributed by atoms with Gasteiger partial charge in [0, 0.05) is 37.0 Å². The summed E-state index contributed by atoms with van der Waals surface area (Å²) in [5.41, 5.74) is 14.4. The highest BCUT2D eigenvalue weighted by atomic mass is 28.4. The molecular formula is C47H70N4O10Si2. The summed E-state index contributed by atoms with van der Waals surface area (Å²) in [4.78, 5) is 43.7. The summed E-state index contributed by atoms with van der Waals surface area (Å²) >= 11 is 0. The number of ether oxygens (including phenoxy) is 5. The van der Waals surface area contributed by atoms with Crippen molar-refractivity contribution in [2.75, 3.05) is 46.3 Å². The highest BCUT2D eigenvalue weighted by Gasteiger charge is 2.41. The number of nitrogens with two attached hydrogens (primary N) is 2. The third-order valence-electron chi connectivity index (χ3n) is 13.2. The highest BCUT2D eigenvalue weighted by molar-refractivity contribution is 6.74. The first-order valence-corrected chi connectivity index (χ1v) is 27.7. The number of nitrogen functional groups attached to an aromatic ring is 1. The average Bonchev–Trinajstić information content (AvgIpc) is 3.89. The van der Waals surface area contributed by atoms with Crippen LogP contribution in [0.3, 0.4) is 0 Å². The molecule has 3 aromatic carbocycles. The zero-order valence-electron chi connectivity index (χ0n) is 39.5. The monoisotopic (exact) mass is 906 g/mol. The van der Waals surface area contributed by atoms with Crippen LogP contribution in [0, 0.1) is 0 Å². The summed E-state index contributed by atoms with van der Waals surface area (Å²) in [7, 11) is -1.03. The lowest BCUT2D eigenvalue weighted by Gasteiger charge is -2.38. The van der Waals surface area contributed by atoms with Gasteiger partial charge < -0.3 is 53.8 Å². The van der Waals surface area contributed by atoms with Crippen LogP contribution in [0.2, 0.25) is 36.3 Å². The normalized spacial score (nSPS) is 17.1. The molecule has 346 valence electrons. The van der Waals surface area contributed by atoms with Crippen LogP contribution < -0.4 is 35.2 Å². The second-order valence-electron chi connectivity index (χ2n) is 19.6. The summed E-state index contributed by atoms with van der Waals surface area (Å²) in [5.74, 6) is 0.838. The van der Waals surface area contributed by atoms with Gasteiger partial charge in [-0.05, 0) is 85.2 Å². The largest absolute Gasteiger partial charge is 0.493 e. The predicted octanol–water partition coefficient (Wildman–Crippen LogP) is 9.15. The van der Waals surface area contributed by atoms with Gasteiger partial charge in [0.2, 0.25) is 0 Å². The Morgan fingerprint density at radius 1 is 0.651 bits per heavy atom. The van der Waals surface area contributed by atoms with Crippen molar-refractivity contribution in [3.8, 4) is 28.7 Å². The third kappa shape index (κ3) is 11.9. The summed E-state index contributed by atoms with van der Waals surface area (Å²) in [6, 6.07) is 13.7. The fraction of sp³-hybridized carbons (Fsp3) is 0.553. The molecule has 2 heterocycles. The maximum absolute atomic E-state index is 14.1. The average molecular weight is 907 g/mol. The molecule has 0 saturated carbocycles. The Balaban J connectivity index is 1.26. The molecule has 0 aromatic heterocycles. The minimum absolute atomic E-state index is 0.0226. The van der Waals surface area contributed by atoms with Crippen LogP contribution in [0.25, 0.3) is 0 Å².